The van der Waals surface area contributed by atoms with Crippen LogP contribution >= 0.6 is 34.5 Å². The van der Waals surface area contributed by atoms with Crippen LogP contribution in [0.2, 0.25) is 5.02 Å². The average molecular weight is 535 g/mol. The maximum Gasteiger partial charge on any atom is 0.254 e. The monoisotopic (exact) mass is 534 g/mol. The molecule has 0 radical (unpaired) electrons. The molecule has 0 aliphatic carbocycles. The van der Waals surface area contributed by atoms with Crippen LogP contribution in [0, 0.1) is 0 Å². The summed E-state index contributed by atoms with van der Waals surface area (Å²) in [5, 5.41) is 6.93. The van der Waals surface area contributed by atoms with Crippen LogP contribution in [0.25, 0.3) is 16.3 Å². The number of para-hydroxylation sites is 1. The SMILES string of the molecule is COc1ccc(/C=C2\C(C)=NN(c3cccc(Cl)c3)C23C(Cl)C(=O)N3c2nc3ccccc3s2)cc1. The van der Waals surface area contributed by atoms with E-state index in [0.717, 1.165) is 38.5 Å². The first-order valence-corrected chi connectivity index (χ1v) is 12.9. The van der Waals surface area contributed by atoms with Crippen molar-refractivity contribution in [2.75, 3.05) is 17.0 Å². The Morgan fingerprint density at radius 1 is 1.08 bits per heavy atom. The highest BCUT2D eigenvalue weighted by Gasteiger charge is 2.69. The van der Waals surface area contributed by atoms with Crippen molar-refractivity contribution >= 4 is 73.3 Å². The first-order valence-electron chi connectivity index (χ1n) is 11.2. The predicted molar refractivity (Wildman–Crippen MR) is 147 cm³/mol. The second kappa shape index (κ2) is 8.62. The van der Waals surface area contributed by atoms with E-state index in [9.17, 15) is 4.79 Å². The van der Waals surface area contributed by atoms with Crippen LogP contribution in [-0.2, 0) is 4.79 Å². The number of rotatable bonds is 4. The van der Waals surface area contributed by atoms with Gasteiger partial charge in [0.25, 0.3) is 5.91 Å². The van der Waals surface area contributed by atoms with E-state index in [1.807, 2.05) is 79.7 Å². The summed E-state index contributed by atoms with van der Waals surface area (Å²) in [5.74, 6) is 0.530. The van der Waals surface area contributed by atoms with Gasteiger partial charge in [0.1, 0.15) is 5.75 Å². The minimum Gasteiger partial charge on any atom is -0.497 e. The summed E-state index contributed by atoms with van der Waals surface area (Å²) in [7, 11) is 1.63. The lowest BCUT2D eigenvalue weighted by Crippen LogP contribution is -2.79. The van der Waals surface area contributed by atoms with E-state index in [1.54, 1.807) is 23.1 Å². The number of β-lactam (4-membered cyclic amide) rings is 1. The number of carbonyl (C=O) groups is 1. The second-order valence-electron chi connectivity index (χ2n) is 8.53. The first-order chi connectivity index (χ1) is 17.4. The molecule has 2 aliphatic heterocycles. The zero-order chi connectivity index (χ0) is 25.0. The van der Waals surface area contributed by atoms with Gasteiger partial charge in [-0.3, -0.25) is 9.69 Å². The van der Waals surface area contributed by atoms with Gasteiger partial charge in [0.2, 0.25) is 0 Å². The van der Waals surface area contributed by atoms with Crippen molar-refractivity contribution in [3.63, 3.8) is 0 Å². The Hall–Kier alpha value is -3.39. The Labute approximate surface area is 222 Å². The number of anilines is 2. The number of hydrogen-bond donors (Lipinski definition) is 0. The van der Waals surface area contributed by atoms with Crippen molar-refractivity contribution in [2.24, 2.45) is 5.10 Å². The van der Waals surface area contributed by atoms with Gasteiger partial charge in [-0.05, 0) is 61.0 Å². The molecular weight excluding hydrogens is 515 g/mol. The molecule has 36 heavy (non-hydrogen) atoms. The number of halogens is 2. The number of methoxy groups -OCH3 is 1. The third kappa shape index (κ3) is 3.34. The van der Waals surface area contributed by atoms with Gasteiger partial charge < -0.3 is 4.74 Å². The van der Waals surface area contributed by atoms with Crippen LogP contribution in [-0.4, -0.2) is 34.8 Å². The highest BCUT2D eigenvalue weighted by molar-refractivity contribution is 7.22. The highest BCUT2D eigenvalue weighted by atomic mass is 35.5. The maximum absolute atomic E-state index is 13.4. The summed E-state index contributed by atoms with van der Waals surface area (Å²) in [5.41, 5.74) is 2.93. The molecule has 180 valence electrons. The van der Waals surface area contributed by atoms with Gasteiger partial charge in [0.15, 0.2) is 16.2 Å². The normalized spacial score (nSPS) is 22.4. The van der Waals surface area contributed by atoms with Gasteiger partial charge in [0, 0.05) is 10.6 Å². The first kappa shape index (κ1) is 23.0. The average Bonchev–Trinajstić information content (AvgIpc) is 3.44. The number of aromatic nitrogens is 1. The number of ether oxygens (including phenoxy) is 1. The van der Waals surface area contributed by atoms with Crippen LogP contribution in [0.5, 0.6) is 5.75 Å². The zero-order valence-electron chi connectivity index (χ0n) is 19.4. The van der Waals surface area contributed by atoms with E-state index in [0.29, 0.717) is 10.2 Å². The smallest absolute Gasteiger partial charge is 0.254 e. The van der Waals surface area contributed by atoms with Crippen LogP contribution in [0.15, 0.2) is 83.5 Å². The van der Waals surface area contributed by atoms with E-state index in [2.05, 4.69) is 0 Å². The fourth-order valence-corrected chi connectivity index (χ4v) is 6.37. The summed E-state index contributed by atoms with van der Waals surface area (Å²) in [6.45, 7) is 1.92. The lowest BCUT2D eigenvalue weighted by Gasteiger charge is -2.55. The molecule has 4 aromatic rings. The molecule has 2 aliphatic rings. The van der Waals surface area contributed by atoms with Crippen LogP contribution in [0.4, 0.5) is 10.8 Å². The Bertz CT molecular complexity index is 1530. The van der Waals surface area contributed by atoms with E-state index in [4.69, 9.17) is 38.0 Å². The minimum absolute atomic E-state index is 0.228. The lowest BCUT2D eigenvalue weighted by molar-refractivity contribution is -0.125. The molecule has 6 rings (SSSR count). The molecule has 0 bridgehead atoms. The largest absolute Gasteiger partial charge is 0.497 e. The summed E-state index contributed by atoms with van der Waals surface area (Å²) < 4.78 is 6.29. The molecule has 0 N–H and O–H groups in total. The van der Waals surface area contributed by atoms with Crippen LogP contribution < -0.4 is 14.6 Å². The number of alkyl halides is 1. The number of amides is 1. The molecule has 9 heteroatoms. The van der Waals surface area contributed by atoms with Crippen LogP contribution in [0.1, 0.15) is 12.5 Å². The Morgan fingerprint density at radius 2 is 1.86 bits per heavy atom. The molecule has 2 atom stereocenters. The topological polar surface area (TPSA) is 58.0 Å². The van der Waals surface area contributed by atoms with Gasteiger partial charge in [-0.1, -0.05) is 53.3 Å². The third-order valence-corrected chi connectivity index (χ3v) is 8.19. The van der Waals surface area contributed by atoms with Crippen molar-refractivity contribution in [3.05, 3.63) is 89.0 Å². The number of carbonyl (C=O) groups excluding carboxylic acids is 1. The standard InChI is InChI=1S/C27H20Cl2N4O2S/c1-16-21(14-17-10-12-20(35-2)13-11-17)27(33(31-16)19-7-5-6-18(28)15-19)24(29)25(34)32(27)26-30-22-8-3-4-9-23(22)36-26/h3-15,24H,1-2H3/b21-14+. The number of hydrogen-bond acceptors (Lipinski definition) is 6. The van der Waals surface area contributed by atoms with Gasteiger partial charge in [-0.25, -0.2) is 9.99 Å². The predicted octanol–water partition coefficient (Wildman–Crippen LogP) is 6.59. The van der Waals surface area contributed by atoms with Crippen molar-refractivity contribution in [1.82, 2.24) is 4.98 Å². The Balaban J connectivity index is 1.57. The van der Waals surface area contributed by atoms with Gasteiger partial charge in [-0.2, -0.15) is 5.10 Å². The molecule has 6 nitrogen and oxygen atoms in total. The summed E-state index contributed by atoms with van der Waals surface area (Å²) >= 11 is 14.7. The van der Waals surface area contributed by atoms with Crippen molar-refractivity contribution in [3.8, 4) is 5.75 Å². The highest BCUT2D eigenvalue weighted by Crippen LogP contribution is 2.54. The number of nitrogens with zero attached hydrogens (tertiary/aromatic N) is 4. The van der Waals surface area contributed by atoms with Gasteiger partial charge >= 0.3 is 0 Å². The molecule has 1 saturated heterocycles. The molecular formula is C27H20Cl2N4O2S. The van der Waals surface area contributed by atoms with Gasteiger partial charge in [0.05, 0.1) is 28.7 Å². The molecule has 1 spiro atoms. The molecule has 1 fully saturated rings. The summed E-state index contributed by atoms with van der Waals surface area (Å²) in [6.07, 6.45) is 2.02. The third-order valence-electron chi connectivity index (χ3n) is 6.44. The molecule has 1 aromatic heterocycles. The molecule has 1 amide bonds. The molecule has 3 aromatic carbocycles. The second-order valence-corrected chi connectivity index (χ2v) is 10.4. The Morgan fingerprint density at radius 3 is 2.58 bits per heavy atom. The molecule has 2 unspecified atom stereocenters. The van der Waals surface area contributed by atoms with E-state index in [1.165, 1.54) is 11.3 Å². The van der Waals surface area contributed by atoms with Crippen molar-refractivity contribution < 1.29 is 9.53 Å². The Kier molecular flexibility index (Phi) is 5.52. The fourth-order valence-electron chi connectivity index (χ4n) is 4.76. The number of fused-ring (bicyclic) bond motifs is 1. The lowest BCUT2D eigenvalue weighted by atomic mass is 9.82. The fraction of sp³-hybridized carbons (Fsp3) is 0.148. The van der Waals surface area contributed by atoms with Crippen molar-refractivity contribution in [2.45, 2.75) is 18.0 Å². The zero-order valence-corrected chi connectivity index (χ0v) is 21.7. The van der Waals surface area contributed by atoms with Crippen molar-refractivity contribution in [1.29, 1.82) is 0 Å². The maximum atomic E-state index is 13.4. The van der Waals surface area contributed by atoms with Crippen LogP contribution in [0.3, 0.4) is 0 Å². The van der Waals surface area contributed by atoms with E-state index >= 15 is 0 Å². The quantitative estimate of drug-likeness (QED) is 0.219. The molecule has 0 saturated carbocycles. The van der Waals surface area contributed by atoms with E-state index in [-0.39, 0.29) is 5.91 Å². The number of hydrazone groups is 1. The number of benzene rings is 3. The van der Waals surface area contributed by atoms with E-state index < -0.39 is 11.0 Å². The van der Waals surface area contributed by atoms with Gasteiger partial charge in [-0.15, -0.1) is 11.6 Å². The minimum atomic E-state index is -1.11. The number of thiazole rings is 1. The molecule has 3 heterocycles. The summed E-state index contributed by atoms with van der Waals surface area (Å²) in [4.78, 5) is 19.9. The summed E-state index contributed by atoms with van der Waals surface area (Å²) in [6, 6.07) is 22.9.